The molecule has 1 aliphatic rings. The second kappa shape index (κ2) is 6.20. The van der Waals surface area contributed by atoms with Crippen LogP contribution in [-0.4, -0.2) is 38.1 Å². The molecule has 112 valence electrons. The van der Waals surface area contributed by atoms with Crippen LogP contribution < -0.4 is 5.32 Å². The molecule has 4 nitrogen and oxygen atoms in total. The molecule has 0 amide bonds. The van der Waals surface area contributed by atoms with Crippen LogP contribution in [0.2, 0.25) is 0 Å². The van der Waals surface area contributed by atoms with Crippen LogP contribution >= 0.6 is 0 Å². The first-order chi connectivity index (χ1) is 9.44. The maximum Gasteiger partial charge on any atom is 0.217 e. The number of nitrogens with one attached hydrogen (secondary N) is 1. The Morgan fingerprint density at radius 3 is 2.50 bits per heavy atom. The van der Waals surface area contributed by atoms with Gasteiger partial charge in [-0.1, -0.05) is 18.2 Å². The van der Waals surface area contributed by atoms with Gasteiger partial charge in [0.05, 0.1) is 5.25 Å². The Balaban J connectivity index is 2.21. The smallest absolute Gasteiger partial charge is 0.217 e. The molecule has 0 spiro atoms. The zero-order valence-corrected chi connectivity index (χ0v) is 12.7. The van der Waals surface area contributed by atoms with Crippen LogP contribution in [0.25, 0.3) is 0 Å². The quantitative estimate of drug-likeness (QED) is 0.924. The van der Waals surface area contributed by atoms with E-state index in [0.717, 1.165) is 0 Å². The van der Waals surface area contributed by atoms with Gasteiger partial charge >= 0.3 is 0 Å². The lowest BCUT2D eigenvalue weighted by Crippen LogP contribution is -2.43. The zero-order chi connectivity index (χ0) is 14.8. The lowest BCUT2D eigenvalue weighted by atomic mass is 10.1. The number of halogens is 1. The van der Waals surface area contributed by atoms with Gasteiger partial charge < -0.3 is 5.32 Å². The van der Waals surface area contributed by atoms with Crippen molar-refractivity contribution in [2.45, 2.75) is 31.1 Å². The van der Waals surface area contributed by atoms with Gasteiger partial charge in [-0.2, -0.15) is 4.31 Å². The van der Waals surface area contributed by atoms with Gasteiger partial charge in [-0.3, -0.25) is 0 Å². The number of benzene rings is 1. The van der Waals surface area contributed by atoms with Crippen molar-refractivity contribution in [1.82, 2.24) is 9.62 Å². The monoisotopic (exact) mass is 300 g/mol. The molecular formula is C14H21FN2O2S. The van der Waals surface area contributed by atoms with E-state index in [4.69, 9.17) is 0 Å². The van der Waals surface area contributed by atoms with Gasteiger partial charge in [0.25, 0.3) is 0 Å². The summed E-state index contributed by atoms with van der Waals surface area (Å²) in [5, 5.41) is 2.78. The summed E-state index contributed by atoms with van der Waals surface area (Å²) >= 11 is 0. The fourth-order valence-electron chi connectivity index (χ4n) is 2.56. The van der Waals surface area contributed by atoms with Crippen LogP contribution in [0.3, 0.4) is 0 Å². The van der Waals surface area contributed by atoms with Gasteiger partial charge in [0.1, 0.15) is 5.82 Å². The molecule has 1 fully saturated rings. The number of sulfonamides is 1. The van der Waals surface area contributed by atoms with Crippen LogP contribution in [0.5, 0.6) is 0 Å². The molecule has 1 heterocycles. The Morgan fingerprint density at radius 2 is 1.90 bits per heavy atom. The molecule has 1 aromatic carbocycles. The highest BCUT2D eigenvalue weighted by molar-refractivity contribution is 7.89. The van der Waals surface area contributed by atoms with Crippen LogP contribution in [0, 0.1) is 5.82 Å². The summed E-state index contributed by atoms with van der Waals surface area (Å²) in [7, 11) is -1.86. The molecule has 0 saturated carbocycles. The highest BCUT2D eigenvalue weighted by atomic mass is 32.2. The summed E-state index contributed by atoms with van der Waals surface area (Å²) in [4.78, 5) is 0. The summed E-state index contributed by atoms with van der Waals surface area (Å²) in [6.07, 6.45) is 1.22. The number of piperidine rings is 1. The highest BCUT2D eigenvalue weighted by Gasteiger charge is 2.34. The minimum Gasteiger partial charge on any atom is -0.317 e. The Morgan fingerprint density at radius 1 is 1.30 bits per heavy atom. The van der Waals surface area contributed by atoms with E-state index in [-0.39, 0.29) is 11.1 Å². The van der Waals surface area contributed by atoms with Crippen LogP contribution in [-0.2, 0) is 10.0 Å². The predicted molar refractivity (Wildman–Crippen MR) is 77.4 cm³/mol. The number of rotatable bonds is 4. The van der Waals surface area contributed by atoms with Crippen molar-refractivity contribution in [2.75, 3.05) is 20.1 Å². The molecule has 1 N–H and O–H groups in total. The summed E-state index contributed by atoms with van der Waals surface area (Å²) in [5.41, 5.74) is 0.410. The highest BCUT2D eigenvalue weighted by Crippen LogP contribution is 2.27. The Bertz CT molecular complexity index is 556. The molecular weight excluding hydrogens is 279 g/mol. The van der Waals surface area contributed by atoms with Crippen LogP contribution in [0.15, 0.2) is 24.3 Å². The number of hydrogen-bond acceptors (Lipinski definition) is 3. The molecule has 0 aliphatic carbocycles. The number of nitrogens with zero attached hydrogens (tertiary/aromatic N) is 1. The SMILES string of the molecule is CC(c1ccccc1F)N(C)S(=O)(=O)C1CCNCC1. The van der Waals surface area contributed by atoms with Crippen molar-refractivity contribution in [3.8, 4) is 0 Å². The number of hydrogen-bond donors (Lipinski definition) is 1. The fourth-order valence-corrected chi connectivity index (χ4v) is 4.41. The first-order valence-corrected chi connectivity index (χ1v) is 8.37. The van der Waals surface area contributed by atoms with Gasteiger partial charge in [-0.05, 0) is 38.9 Å². The first kappa shape index (κ1) is 15.4. The van der Waals surface area contributed by atoms with Crippen molar-refractivity contribution in [3.63, 3.8) is 0 Å². The molecule has 0 bridgehead atoms. The average molecular weight is 300 g/mol. The van der Waals surface area contributed by atoms with E-state index in [2.05, 4.69) is 5.32 Å². The lowest BCUT2D eigenvalue weighted by molar-refractivity contribution is 0.371. The molecule has 0 radical (unpaired) electrons. The topological polar surface area (TPSA) is 49.4 Å². The van der Waals surface area contributed by atoms with Crippen molar-refractivity contribution in [2.24, 2.45) is 0 Å². The van der Waals surface area contributed by atoms with Gasteiger partial charge in [0.15, 0.2) is 0 Å². The summed E-state index contributed by atoms with van der Waals surface area (Å²) < 4.78 is 40.3. The summed E-state index contributed by atoms with van der Waals surface area (Å²) in [5.74, 6) is -0.368. The van der Waals surface area contributed by atoms with E-state index in [0.29, 0.717) is 31.5 Å². The van der Waals surface area contributed by atoms with E-state index in [1.807, 2.05) is 0 Å². The Kier molecular flexibility index (Phi) is 4.78. The minimum absolute atomic E-state index is 0.368. The molecule has 1 saturated heterocycles. The van der Waals surface area contributed by atoms with E-state index >= 15 is 0 Å². The molecule has 1 atom stereocenters. The van der Waals surface area contributed by atoms with Crippen molar-refractivity contribution in [3.05, 3.63) is 35.6 Å². The molecule has 2 rings (SSSR count). The molecule has 6 heteroatoms. The van der Waals surface area contributed by atoms with E-state index in [9.17, 15) is 12.8 Å². The Labute approximate surface area is 120 Å². The minimum atomic E-state index is -3.40. The normalized spacial score (nSPS) is 19.2. The molecule has 1 unspecified atom stereocenters. The molecule has 0 aromatic heterocycles. The first-order valence-electron chi connectivity index (χ1n) is 6.86. The molecule has 20 heavy (non-hydrogen) atoms. The average Bonchev–Trinajstić information content (AvgIpc) is 2.47. The maximum absolute atomic E-state index is 13.8. The van der Waals surface area contributed by atoms with Crippen molar-refractivity contribution in [1.29, 1.82) is 0 Å². The van der Waals surface area contributed by atoms with Crippen LogP contribution in [0.1, 0.15) is 31.4 Å². The second-order valence-corrected chi connectivity index (χ2v) is 7.48. The second-order valence-electron chi connectivity index (χ2n) is 5.21. The lowest BCUT2D eigenvalue weighted by Gasteiger charge is -2.31. The van der Waals surface area contributed by atoms with Crippen LogP contribution in [0.4, 0.5) is 4.39 Å². The van der Waals surface area contributed by atoms with Crippen molar-refractivity contribution < 1.29 is 12.8 Å². The third-order valence-corrected chi connectivity index (χ3v) is 6.44. The van der Waals surface area contributed by atoms with Gasteiger partial charge in [0, 0.05) is 18.7 Å². The Hall–Kier alpha value is -0.980. The van der Waals surface area contributed by atoms with Gasteiger partial charge in [0.2, 0.25) is 10.0 Å². The largest absolute Gasteiger partial charge is 0.317 e. The third kappa shape index (κ3) is 3.02. The van der Waals surface area contributed by atoms with E-state index in [1.54, 1.807) is 25.1 Å². The summed E-state index contributed by atoms with van der Waals surface area (Å²) in [6, 6.07) is 5.81. The molecule has 1 aliphatic heterocycles. The third-order valence-electron chi connectivity index (χ3n) is 4.01. The predicted octanol–water partition coefficient (Wildman–Crippen LogP) is 1.90. The fraction of sp³-hybridized carbons (Fsp3) is 0.571. The van der Waals surface area contributed by atoms with E-state index < -0.39 is 16.1 Å². The van der Waals surface area contributed by atoms with Gasteiger partial charge in [-0.15, -0.1) is 0 Å². The molecule has 1 aromatic rings. The zero-order valence-electron chi connectivity index (χ0n) is 11.8. The van der Waals surface area contributed by atoms with E-state index in [1.165, 1.54) is 17.4 Å². The van der Waals surface area contributed by atoms with Crippen molar-refractivity contribution >= 4 is 10.0 Å². The standard InChI is InChI=1S/C14H21FN2O2S/c1-11(13-5-3-4-6-14(13)15)17(2)20(18,19)12-7-9-16-10-8-12/h3-6,11-12,16H,7-10H2,1-2H3. The maximum atomic E-state index is 13.8. The van der Waals surface area contributed by atoms with Gasteiger partial charge in [-0.25, -0.2) is 12.8 Å². The summed E-state index contributed by atoms with van der Waals surface area (Å²) in [6.45, 7) is 3.15.